The summed E-state index contributed by atoms with van der Waals surface area (Å²) in [7, 11) is 0. The van der Waals surface area contributed by atoms with Gasteiger partial charge in [-0.2, -0.15) is 0 Å². The first-order chi connectivity index (χ1) is 12.0. The molecule has 1 unspecified atom stereocenters. The van der Waals surface area contributed by atoms with Crippen LogP contribution in [0.15, 0.2) is 15.6 Å². The van der Waals surface area contributed by atoms with E-state index in [-0.39, 0.29) is 0 Å². The van der Waals surface area contributed by atoms with E-state index in [1.807, 2.05) is 6.07 Å². The molecular weight excluding hydrogens is 314 g/mol. The number of aromatic nitrogens is 1. The maximum absolute atomic E-state index is 5.36. The SMILES string of the molecule is CCNC(=NCc1cc(C(C)C)no1)NCC(C)N1CCC(C)CC1. The largest absolute Gasteiger partial charge is 0.359 e. The number of hydrogen-bond acceptors (Lipinski definition) is 4. The van der Waals surface area contributed by atoms with E-state index in [1.54, 1.807) is 0 Å². The van der Waals surface area contributed by atoms with Crippen LogP contribution in [-0.2, 0) is 6.54 Å². The van der Waals surface area contributed by atoms with Crippen LogP contribution in [0.3, 0.4) is 0 Å². The van der Waals surface area contributed by atoms with Crippen LogP contribution in [0.1, 0.15) is 64.8 Å². The topological polar surface area (TPSA) is 65.7 Å². The molecule has 2 N–H and O–H groups in total. The normalized spacial score (nSPS) is 18.6. The van der Waals surface area contributed by atoms with E-state index in [9.17, 15) is 0 Å². The van der Waals surface area contributed by atoms with E-state index >= 15 is 0 Å². The first-order valence-corrected chi connectivity index (χ1v) is 9.71. The maximum atomic E-state index is 5.36. The summed E-state index contributed by atoms with van der Waals surface area (Å²) in [6.45, 7) is 15.6. The molecule has 25 heavy (non-hydrogen) atoms. The van der Waals surface area contributed by atoms with Gasteiger partial charge in [0, 0.05) is 25.2 Å². The third-order valence-electron chi connectivity index (χ3n) is 4.91. The first-order valence-electron chi connectivity index (χ1n) is 9.71. The van der Waals surface area contributed by atoms with E-state index in [0.29, 0.717) is 18.5 Å². The average Bonchev–Trinajstić information content (AvgIpc) is 3.07. The quantitative estimate of drug-likeness (QED) is 0.585. The zero-order chi connectivity index (χ0) is 18.2. The van der Waals surface area contributed by atoms with Gasteiger partial charge in [0.15, 0.2) is 11.7 Å². The minimum Gasteiger partial charge on any atom is -0.359 e. The van der Waals surface area contributed by atoms with Gasteiger partial charge >= 0.3 is 0 Å². The second-order valence-corrected chi connectivity index (χ2v) is 7.52. The summed E-state index contributed by atoms with van der Waals surface area (Å²) in [5.41, 5.74) is 0.983. The number of nitrogens with zero attached hydrogens (tertiary/aromatic N) is 3. The molecule has 1 aliphatic heterocycles. The fourth-order valence-electron chi connectivity index (χ4n) is 3.02. The summed E-state index contributed by atoms with van der Waals surface area (Å²) < 4.78 is 5.36. The van der Waals surface area contributed by atoms with E-state index in [1.165, 1.54) is 25.9 Å². The van der Waals surface area contributed by atoms with Gasteiger partial charge in [0.2, 0.25) is 0 Å². The molecule has 0 spiro atoms. The molecule has 0 aromatic carbocycles. The standard InChI is InChI=1S/C19H35N5O/c1-6-20-19(22-13-17-11-18(14(2)3)23-25-17)21-12-16(5)24-9-7-15(4)8-10-24/h11,14-16H,6-10,12-13H2,1-5H3,(H2,20,21,22). The Labute approximate surface area is 152 Å². The van der Waals surface area contributed by atoms with Crippen molar-refractivity contribution in [2.24, 2.45) is 10.9 Å². The highest BCUT2D eigenvalue weighted by Crippen LogP contribution is 2.17. The molecule has 1 aromatic rings. The van der Waals surface area contributed by atoms with Crippen LogP contribution >= 0.6 is 0 Å². The summed E-state index contributed by atoms with van der Waals surface area (Å²) in [4.78, 5) is 7.20. The highest BCUT2D eigenvalue weighted by molar-refractivity contribution is 5.79. The molecule has 6 heteroatoms. The van der Waals surface area contributed by atoms with Crippen molar-refractivity contribution < 1.29 is 4.52 Å². The van der Waals surface area contributed by atoms with Crippen molar-refractivity contribution in [3.8, 4) is 0 Å². The Morgan fingerprint density at radius 2 is 2.04 bits per heavy atom. The van der Waals surface area contributed by atoms with Gasteiger partial charge in [-0.3, -0.25) is 4.90 Å². The number of likely N-dealkylation sites (tertiary alicyclic amines) is 1. The second-order valence-electron chi connectivity index (χ2n) is 7.52. The van der Waals surface area contributed by atoms with Gasteiger partial charge in [0.25, 0.3) is 0 Å². The van der Waals surface area contributed by atoms with E-state index in [2.05, 4.69) is 60.3 Å². The predicted octanol–water partition coefficient (Wildman–Crippen LogP) is 2.97. The van der Waals surface area contributed by atoms with Crippen LogP contribution in [-0.4, -0.2) is 48.2 Å². The van der Waals surface area contributed by atoms with Gasteiger partial charge in [-0.1, -0.05) is 25.9 Å². The number of hydrogen-bond donors (Lipinski definition) is 2. The molecule has 2 rings (SSSR count). The van der Waals surface area contributed by atoms with Gasteiger partial charge in [0.05, 0.1) is 5.69 Å². The van der Waals surface area contributed by atoms with Crippen molar-refractivity contribution in [3.63, 3.8) is 0 Å². The van der Waals surface area contributed by atoms with Crippen LogP contribution in [0.4, 0.5) is 0 Å². The molecule has 0 saturated carbocycles. The molecule has 0 radical (unpaired) electrons. The molecule has 1 aromatic heterocycles. The molecule has 0 aliphatic carbocycles. The summed E-state index contributed by atoms with van der Waals surface area (Å²) in [6, 6.07) is 2.50. The number of aliphatic imine (C=N–C) groups is 1. The van der Waals surface area contributed by atoms with Gasteiger partial charge in [-0.15, -0.1) is 0 Å². The zero-order valence-electron chi connectivity index (χ0n) is 16.5. The van der Waals surface area contributed by atoms with Crippen molar-refractivity contribution in [2.45, 2.75) is 66.0 Å². The highest BCUT2D eigenvalue weighted by atomic mass is 16.5. The van der Waals surface area contributed by atoms with Crippen LogP contribution in [0, 0.1) is 5.92 Å². The van der Waals surface area contributed by atoms with Gasteiger partial charge in [-0.05, 0) is 51.6 Å². The second kappa shape index (κ2) is 9.80. The van der Waals surface area contributed by atoms with Crippen LogP contribution < -0.4 is 10.6 Å². The molecule has 1 fully saturated rings. The van der Waals surface area contributed by atoms with Crippen LogP contribution in [0.5, 0.6) is 0 Å². The molecule has 0 amide bonds. The maximum Gasteiger partial charge on any atom is 0.191 e. The molecule has 2 heterocycles. The van der Waals surface area contributed by atoms with E-state index < -0.39 is 0 Å². The average molecular weight is 350 g/mol. The highest BCUT2D eigenvalue weighted by Gasteiger charge is 2.20. The number of piperidine rings is 1. The third-order valence-corrected chi connectivity index (χ3v) is 4.91. The minimum absolute atomic E-state index is 0.376. The van der Waals surface area contributed by atoms with Gasteiger partial charge in [0.1, 0.15) is 6.54 Å². The number of nitrogens with one attached hydrogen (secondary N) is 2. The summed E-state index contributed by atoms with van der Waals surface area (Å²) in [6.07, 6.45) is 2.62. The monoisotopic (exact) mass is 349 g/mol. The summed E-state index contributed by atoms with van der Waals surface area (Å²) >= 11 is 0. The lowest BCUT2D eigenvalue weighted by molar-refractivity contribution is 0.147. The molecular formula is C19H35N5O. The van der Waals surface area contributed by atoms with Crippen molar-refractivity contribution in [3.05, 3.63) is 17.5 Å². The van der Waals surface area contributed by atoms with Crippen molar-refractivity contribution in [2.75, 3.05) is 26.2 Å². The third kappa shape index (κ3) is 6.34. The molecule has 1 atom stereocenters. The Morgan fingerprint density at radius 1 is 1.32 bits per heavy atom. The predicted molar refractivity (Wildman–Crippen MR) is 103 cm³/mol. The smallest absolute Gasteiger partial charge is 0.191 e. The summed E-state index contributed by atoms with van der Waals surface area (Å²) in [5.74, 6) is 2.88. The van der Waals surface area contributed by atoms with Gasteiger partial charge in [-0.25, -0.2) is 4.99 Å². The molecule has 0 bridgehead atoms. The van der Waals surface area contributed by atoms with Gasteiger partial charge < -0.3 is 15.2 Å². The molecule has 1 saturated heterocycles. The lowest BCUT2D eigenvalue weighted by Gasteiger charge is -2.35. The fourth-order valence-corrected chi connectivity index (χ4v) is 3.02. The number of rotatable bonds is 7. The Kier molecular flexibility index (Phi) is 7.75. The minimum atomic E-state index is 0.376. The first kappa shape index (κ1) is 19.8. The lowest BCUT2D eigenvalue weighted by Crippen LogP contribution is -2.48. The molecule has 142 valence electrons. The molecule has 6 nitrogen and oxygen atoms in total. The molecule has 1 aliphatic rings. The number of guanidine groups is 1. The van der Waals surface area contributed by atoms with Crippen molar-refractivity contribution in [1.82, 2.24) is 20.7 Å². The van der Waals surface area contributed by atoms with Crippen molar-refractivity contribution >= 4 is 5.96 Å². The Bertz CT molecular complexity index is 532. The fraction of sp³-hybridized carbons (Fsp3) is 0.789. The Morgan fingerprint density at radius 3 is 2.64 bits per heavy atom. The van der Waals surface area contributed by atoms with Crippen LogP contribution in [0.25, 0.3) is 0 Å². The lowest BCUT2D eigenvalue weighted by atomic mass is 9.98. The summed E-state index contributed by atoms with van der Waals surface area (Å²) in [5, 5.41) is 10.9. The van der Waals surface area contributed by atoms with E-state index in [4.69, 9.17) is 4.52 Å². The van der Waals surface area contributed by atoms with Crippen LogP contribution in [0.2, 0.25) is 0 Å². The van der Waals surface area contributed by atoms with Crippen molar-refractivity contribution in [1.29, 1.82) is 0 Å². The van der Waals surface area contributed by atoms with E-state index in [0.717, 1.165) is 36.4 Å². The zero-order valence-corrected chi connectivity index (χ0v) is 16.5. The Hall–Kier alpha value is -1.56. The Balaban J connectivity index is 1.84.